The molecule has 0 radical (unpaired) electrons. The van der Waals surface area contributed by atoms with E-state index in [9.17, 15) is 9.59 Å². The van der Waals surface area contributed by atoms with Crippen molar-refractivity contribution >= 4 is 11.8 Å². The van der Waals surface area contributed by atoms with E-state index in [4.69, 9.17) is 14.2 Å². The average molecular weight is 415 g/mol. The van der Waals surface area contributed by atoms with Gasteiger partial charge in [-0.3, -0.25) is 9.59 Å². The van der Waals surface area contributed by atoms with Crippen molar-refractivity contribution in [2.45, 2.75) is 32.9 Å². The molecule has 0 bridgehead atoms. The number of carbonyl (C=O) groups is 2. The predicted molar refractivity (Wildman–Crippen MR) is 115 cm³/mol. The highest BCUT2D eigenvalue weighted by Gasteiger charge is 2.26. The SMILES string of the molecule is CCCNC(=O)[C@@H](C)N(Cc1cccc(OC)c1)C(=O)COc1ccc(OC)cc1. The molecule has 1 N–H and O–H groups in total. The molecule has 2 rings (SSSR count). The minimum absolute atomic E-state index is 0.179. The highest BCUT2D eigenvalue weighted by atomic mass is 16.5. The summed E-state index contributed by atoms with van der Waals surface area (Å²) in [7, 11) is 3.17. The van der Waals surface area contributed by atoms with Crippen LogP contribution >= 0.6 is 0 Å². The Balaban J connectivity index is 2.13. The second kappa shape index (κ2) is 11.7. The molecule has 30 heavy (non-hydrogen) atoms. The lowest BCUT2D eigenvalue weighted by Gasteiger charge is -2.28. The number of nitrogens with one attached hydrogen (secondary N) is 1. The first-order valence-corrected chi connectivity index (χ1v) is 9.95. The van der Waals surface area contributed by atoms with Gasteiger partial charge in [0.2, 0.25) is 5.91 Å². The summed E-state index contributed by atoms with van der Waals surface area (Å²) in [5, 5.41) is 2.85. The van der Waals surface area contributed by atoms with E-state index in [0.29, 0.717) is 23.8 Å². The van der Waals surface area contributed by atoms with Gasteiger partial charge in [0.15, 0.2) is 6.61 Å². The molecule has 0 saturated heterocycles. The molecule has 0 aliphatic heterocycles. The minimum atomic E-state index is -0.644. The number of hydrogen-bond donors (Lipinski definition) is 1. The first kappa shape index (κ1) is 23.1. The van der Waals surface area contributed by atoms with Gasteiger partial charge in [-0.1, -0.05) is 19.1 Å². The van der Waals surface area contributed by atoms with E-state index in [1.165, 1.54) is 4.90 Å². The number of hydrogen-bond acceptors (Lipinski definition) is 5. The van der Waals surface area contributed by atoms with Crippen molar-refractivity contribution < 1.29 is 23.8 Å². The highest BCUT2D eigenvalue weighted by Crippen LogP contribution is 2.19. The molecule has 0 unspecified atom stereocenters. The molecule has 0 fully saturated rings. The maximum Gasteiger partial charge on any atom is 0.261 e. The van der Waals surface area contributed by atoms with Gasteiger partial charge >= 0.3 is 0 Å². The van der Waals surface area contributed by atoms with E-state index in [0.717, 1.165) is 12.0 Å². The Labute approximate surface area is 177 Å². The third kappa shape index (κ3) is 6.69. The molecular weight excluding hydrogens is 384 g/mol. The van der Waals surface area contributed by atoms with Crippen LogP contribution in [0.5, 0.6) is 17.2 Å². The maximum atomic E-state index is 13.0. The first-order valence-electron chi connectivity index (χ1n) is 9.95. The molecule has 0 heterocycles. The zero-order valence-corrected chi connectivity index (χ0v) is 18.0. The summed E-state index contributed by atoms with van der Waals surface area (Å²) in [6, 6.07) is 13.8. The average Bonchev–Trinajstić information content (AvgIpc) is 2.79. The Bertz CT molecular complexity index is 823. The van der Waals surface area contributed by atoms with Crippen molar-refractivity contribution in [3.8, 4) is 17.2 Å². The summed E-state index contributed by atoms with van der Waals surface area (Å²) in [4.78, 5) is 27.0. The molecule has 2 aromatic rings. The molecule has 0 saturated carbocycles. The van der Waals surface area contributed by atoms with Crippen LogP contribution in [0.1, 0.15) is 25.8 Å². The fraction of sp³-hybridized carbons (Fsp3) is 0.391. The van der Waals surface area contributed by atoms with Crippen LogP contribution in [0.3, 0.4) is 0 Å². The molecule has 162 valence electrons. The van der Waals surface area contributed by atoms with Crippen LogP contribution in [0.2, 0.25) is 0 Å². The van der Waals surface area contributed by atoms with Crippen molar-refractivity contribution in [2.24, 2.45) is 0 Å². The Hall–Kier alpha value is -3.22. The number of ether oxygens (including phenoxy) is 3. The molecule has 7 heteroatoms. The van der Waals surface area contributed by atoms with Crippen LogP contribution in [0.4, 0.5) is 0 Å². The lowest BCUT2D eigenvalue weighted by molar-refractivity contribution is -0.142. The van der Waals surface area contributed by atoms with E-state index in [2.05, 4.69) is 5.32 Å². The topological polar surface area (TPSA) is 77.1 Å². The van der Waals surface area contributed by atoms with Crippen molar-refractivity contribution in [3.63, 3.8) is 0 Å². The third-order valence-electron chi connectivity index (χ3n) is 4.63. The molecule has 2 aromatic carbocycles. The van der Waals surface area contributed by atoms with Crippen LogP contribution in [0, 0.1) is 0 Å². The third-order valence-corrected chi connectivity index (χ3v) is 4.63. The van der Waals surface area contributed by atoms with Crippen molar-refractivity contribution in [2.75, 3.05) is 27.4 Å². The highest BCUT2D eigenvalue weighted by molar-refractivity contribution is 5.87. The Morgan fingerprint density at radius 3 is 2.30 bits per heavy atom. The van der Waals surface area contributed by atoms with Crippen LogP contribution in [-0.4, -0.2) is 50.1 Å². The Kier molecular flexibility index (Phi) is 9.00. The predicted octanol–water partition coefficient (Wildman–Crippen LogP) is 3.03. The van der Waals surface area contributed by atoms with Gasteiger partial charge in [-0.05, 0) is 55.3 Å². The summed E-state index contributed by atoms with van der Waals surface area (Å²) in [6.45, 7) is 4.35. The molecule has 7 nitrogen and oxygen atoms in total. The van der Waals surface area contributed by atoms with Crippen molar-refractivity contribution in [3.05, 3.63) is 54.1 Å². The molecule has 2 amide bonds. The van der Waals surface area contributed by atoms with Crippen LogP contribution in [0.15, 0.2) is 48.5 Å². The summed E-state index contributed by atoms with van der Waals surface area (Å²) in [5.41, 5.74) is 0.863. The number of benzene rings is 2. The van der Waals surface area contributed by atoms with E-state index in [1.807, 2.05) is 31.2 Å². The first-order chi connectivity index (χ1) is 14.5. The van der Waals surface area contributed by atoms with E-state index >= 15 is 0 Å². The second-order valence-corrected chi connectivity index (χ2v) is 6.80. The minimum Gasteiger partial charge on any atom is -0.497 e. The van der Waals surface area contributed by atoms with E-state index in [-0.39, 0.29) is 25.0 Å². The lowest BCUT2D eigenvalue weighted by Crippen LogP contribution is -2.49. The quantitative estimate of drug-likeness (QED) is 0.612. The zero-order valence-electron chi connectivity index (χ0n) is 18.0. The smallest absolute Gasteiger partial charge is 0.261 e. The van der Waals surface area contributed by atoms with Crippen molar-refractivity contribution in [1.82, 2.24) is 10.2 Å². The van der Waals surface area contributed by atoms with Gasteiger partial charge in [0.05, 0.1) is 14.2 Å². The molecule has 1 atom stereocenters. The standard InChI is InChI=1S/C23H30N2O5/c1-5-13-24-23(27)17(2)25(15-18-7-6-8-21(14-18)29-4)22(26)16-30-20-11-9-19(28-3)10-12-20/h6-12,14,17H,5,13,15-16H2,1-4H3,(H,24,27)/t17-/m1/s1. The van der Waals surface area contributed by atoms with Gasteiger partial charge in [0.1, 0.15) is 23.3 Å². The van der Waals surface area contributed by atoms with Gasteiger partial charge < -0.3 is 24.4 Å². The fourth-order valence-corrected chi connectivity index (χ4v) is 2.85. The Morgan fingerprint density at radius 2 is 1.67 bits per heavy atom. The number of carbonyl (C=O) groups excluding carboxylic acids is 2. The fourth-order valence-electron chi connectivity index (χ4n) is 2.85. The Morgan fingerprint density at radius 1 is 1.00 bits per heavy atom. The van der Waals surface area contributed by atoms with Gasteiger partial charge in [0, 0.05) is 13.1 Å². The van der Waals surface area contributed by atoms with Gasteiger partial charge in [0.25, 0.3) is 5.91 Å². The van der Waals surface area contributed by atoms with Crippen molar-refractivity contribution in [1.29, 1.82) is 0 Å². The number of rotatable bonds is 11. The maximum absolute atomic E-state index is 13.0. The number of nitrogens with zero attached hydrogens (tertiary/aromatic N) is 1. The second-order valence-electron chi connectivity index (χ2n) is 6.80. The lowest BCUT2D eigenvalue weighted by atomic mass is 10.1. The van der Waals surface area contributed by atoms with Crippen LogP contribution in [0.25, 0.3) is 0 Å². The van der Waals surface area contributed by atoms with Crippen LogP contribution < -0.4 is 19.5 Å². The number of amides is 2. The van der Waals surface area contributed by atoms with E-state index < -0.39 is 6.04 Å². The molecule has 0 aliphatic carbocycles. The zero-order chi connectivity index (χ0) is 21.9. The molecule has 0 aliphatic rings. The van der Waals surface area contributed by atoms with Crippen LogP contribution in [-0.2, 0) is 16.1 Å². The van der Waals surface area contributed by atoms with Gasteiger partial charge in [-0.2, -0.15) is 0 Å². The molecular formula is C23H30N2O5. The summed E-state index contributed by atoms with van der Waals surface area (Å²) in [5.74, 6) is 1.46. The van der Waals surface area contributed by atoms with Gasteiger partial charge in [-0.15, -0.1) is 0 Å². The van der Waals surface area contributed by atoms with Gasteiger partial charge in [-0.25, -0.2) is 0 Å². The normalized spacial score (nSPS) is 11.3. The summed E-state index contributed by atoms with van der Waals surface area (Å²) >= 11 is 0. The molecule has 0 aromatic heterocycles. The monoisotopic (exact) mass is 414 g/mol. The summed E-state index contributed by atoms with van der Waals surface area (Å²) in [6.07, 6.45) is 0.822. The summed E-state index contributed by atoms with van der Waals surface area (Å²) < 4.78 is 16.0. The largest absolute Gasteiger partial charge is 0.497 e. The number of methoxy groups -OCH3 is 2. The molecule has 0 spiro atoms. The van der Waals surface area contributed by atoms with E-state index in [1.54, 1.807) is 45.4 Å².